The summed E-state index contributed by atoms with van der Waals surface area (Å²) in [6, 6.07) is 11.6. The first-order chi connectivity index (χ1) is 13.2. The Morgan fingerprint density at radius 3 is 2.30 bits per heavy atom. The molecule has 0 spiro atoms. The molecule has 1 fully saturated rings. The van der Waals surface area contributed by atoms with Crippen LogP contribution in [-0.4, -0.2) is 61.5 Å². The summed E-state index contributed by atoms with van der Waals surface area (Å²) < 4.78 is 4.65. The van der Waals surface area contributed by atoms with Crippen LogP contribution < -0.4 is 4.90 Å². The summed E-state index contributed by atoms with van der Waals surface area (Å²) in [6.45, 7) is 3.98. The summed E-state index contributed by atoms with van der Waals surface area (Å²) in [7, 11) is 1.39. The first-order valence-electron chi connectivity index (χ1n) is 9.22. The molecule has 6 nitrogen and oxygen atoms in total. The molecular weight excluding hydrogens is 342 g/mol. The predicted octanol–water partition coefficient (Wildman–Crippen LogP) is 2.19. The number of benzene rings is 1. The van der Waals surface area contributed by atoms with E-state index in [9.17, 15) is 9.59 Å². The van der Waals surface area contributed by atoms with Crippen molar-refractivity contribution in [3.8, 4) is 0 Å². The molecule has 0 unspecified atom stereocenters. The van der Waals surface area contributed by atoms with Crippen LogP contribution in [0.1, 0.15) is 22.3 Å². The van der Waals surface area contributed by atoms with Gasteiger partial charge in [-0.25, -0.2) is 0 Å². The minimum absolute atomic E-state index is 0.131. The van der Waals surface area contributed by atoms with Gasteiger partial charge in [0.05, 0.1) is 13.7 Å². The van der Waals surface area contributed by atoms with Gasteiger partial charge in [0.2, 0.25) is 0 Å². The van der Waals surface area contributed by atoms with Crippen molar-refractivity contribution in [2.45, 2.75) is 12.8 Å². The van der Waals surface area contributed by atoms with Gasteiger partial charge in [0.25, 0.3) is 0 Å². The molecule has 3 rings (SSSR count). The number of hydrogen-bond acceptors (Lipinski definition) is 6. The summed E-state index contributed by atoms with van der Waals surface area (Å²) in [6.07, 6.45) is 4.59. The number of pyridine rings is 1. The average molecular weight is 367 g/mol. The van der Waals surface area contributed by atoms with Gasteiger partial charge in [0.15, 0.2) is 5.78 Å². The molecule has 0 radical (unpaired) electrons. The highest BCUT2D eigenvalue weighted by molar-refractivity contribution is 5.97. The van der Waals surface area contributed by atoms with Gasteiger partial charge in [0.1, 0.15) is 0 Å². The smallest absolute Gasteiger partial charge is 0.305 e. The SMILES string of the molecule is COC(=O)CCc1ccc(C(=O)CN2CCN(c3ccncc3)CC2)cc1. The molecule has 1 aliphatic rings. The lowest BCUT2D eigenvalue weighted by molar-refractivity contribution is -0.140. The van der Waals surface area contributed by atoms with E-state index in [1.807, 2.05) is 36.4 Å². The number of aryl methyl sites for hydroxylation is 1. The number of carbonyl (C=O) groups is 2. The fourth-order valence-electron chi connectivity index (χ4n) is 3.22. The number of esters is 1. The van der Waals surface area contributed by atoms with E-state index in [4.69, 9.17) is 0 Å². The van der Waals surface area contributed by atoms with Crippen molar-refractivity contribution >= 4 is 17.4 Å². The summed E-state index contributed by atoms with van der Waals surface area (Å²) in [5.74, 6) is -0.0899. The summed E-state index contributed by atoms with van der Waals surface area (Å²) in [4.78, 5) is 32.3. The van der Waals surface area contributed by atoms with E-state index in [-0.39, 0.29) is 11.8 Å². The molecule has 0 saturated carbocycles. The van der Waals surface area contributed by atoms with E-state index in [1.54, 1.807) is 12.4 Å². The van der Waals surface area contributed by atoms with Crippen LogP contribution in [0.4, 0.5) is 5.69 Å². The molecule has 1 saturated heterocycles. The molecule has 0 atom stereocenters. The van der Waals surface area contributed by atoms with Crippen LogP contribution in [0.5, 0.6) is 0 Å². The van der Waals surface area contributed by atoms with E-state index in [0.717, 1.165) is 31.7 Å². The second-order valence-corrected chi connectivity index (χ2v) is 6.66. The Balaban J connectivity index is 1.47. The second kappa shape index (κ2) is 9.28. The third kappa shape index (κ3) is 5.37. The van der Waals surface area contributed by atoms with Crippen LogP contribution in [0, 0.1) is 0 Å². The molecule has 1 aromatic heterocycles. The maximum Gasteiger partial charge on any atom is 0.305 e. The highest BCUT2D eigenvalue weighted by atomic mass is 16.5. The number of aromatic nitrogens is 1. The number of ether oxygens (including phenoxy) is 1. The largest absolute Gasteiger partial charge is 0.469 e. The number of anilines is 1. The van der Waals surface area contributed by atoms with Gasteiger partial charge in [-0.1, -0.05) is 24.3 Å². The Morgan fingerprint density at radius 2 is 1.67 bits per heavy atom. The fourth-order valence-corrected chi connectivity index (χ4v) is 3.22. The van der Waals surface area contributed by atoms with Crippen molar-refractivity contribution in [1.29, 1.82) is 0 Å². The fraction of sp³-hybridized carbons (Fsp3) is 0.381. The maximum absolute atomic E-state index is 12.6. The van der Waals surface area contributed by atoms with Crippen molar-refractivity contribution in [3.63, 3.8) is 0 Å². The number of carbonyl (C=O) groups excluding carboxylic acids is 2. The van der Waals surface area contributed by atoms with Gasteiger partial charge in [-0.05, 0) is 24.1 Å². The third-order valence-corrected chi connectivity index (χ3v) is 4.89. The van der Waals surface area contributed by atoms with Gasteiger partial charge in [-0.15, -0.1) is 0 Å². The summed E-state index contributed by atoms with van der Waals surface area (Å²) in [5, 5.41) is 0. The van der Waals surface area contributed by atoms with E-state index >= 15 is 0 Å². The Morgan fingerprint density at radius 1 is 1.00 bits per heavy atom. The minimum Gasteiger partial charge on any atom is -0.469 e. The lowest BCUT2D eigenvalue weighted by Gasteiger charge is -2.35. The van der Waals surface area contributed by atoms with Crippen molar-refractivity contribution < 1.29 is 14.3 Å². The number of hydrogen-bond donors (Lipinski definition) is 0. The van der Waals surface area contributed by atoms with Crippen LogP contribution in [0.2, 0.25) is 0 Å². The molecule has 1 aliphatic heterocycles. The van der Waals surface area contributed by atoms with Crippen molar-refractivity contribution in [1.82, 2.24) is 9.88 Å². The lowest BCUT2D eigenvalue weighted by atomic mass is 10.0. The first kappa shape index (κ1) is 19.0. The van der Waals surface area contributed by atoms with Crippen LogP contribution in [0.15, 0.2) is 48.8 Å². The number of piperazine rings is 1. The van der Waals surface area contributed by atoms with E-state index in [2.05, 4.69) is 19.5 Å². The zero-order valence-electron chi connectivity index (χ0n) is 15.6. The lowest BCUT2D eigenvalue weighted by Crippen LogP contribution is -2.48. The average Bonchev–Trinajstić information content (AvgIpc) is 2.73. The van der Waals surface area contributed by atoms with Crippen LogP contribution in [-0.2, 0) is 16.0 Å². The number of nitrogens with zero attached hydrogens (tertiary/aromatic N) is 3. The van der Waals surface area contributed by atoms with Gasteiger partial charge in [-0.2, -0.15) is 0 Å². The standard InChI is InChI=1S/C21H25N3O3/c1-27-21(26)7-4-17-2-5-18(6-3-17)20(25)16-23-12-14-24(15-13-23)19-8-10-22-11-9-19/h2-3,5-6,8-11H,4,7,12-16H2,1H3. The predicted molar refractivity (Wildman–Crippen MR) is 104 cm³/mol. The zero-order chi connectivity index (χ0) is 19.1. The molecule has 0 bridgehead atoms. The van der Waals surface area contributed by atoms with Gasteiger partial charge in [0, 0.05) is 56.2 Å². The molecule has 0 N–H and O–H groups in total. The summed E-state index contributed by atoms with van der Waals surface area (Å²) >= 11 is 0. The van der Waals surface area contributed by atoms with Crippen LogP contribution >= 0.6 is 0 Å². The van der Waals surface area contributed by atoms with Crippen molar-refractivity contribution in [2.24, 2.45) is 0 Å². The van der Waals surface area contributed by atoms with E-state index < -0.39 is 0 Å². The van der Waals surface area contributed by atoms with Crippen LogP contribution in [0.25, 0.3) is 0 Å². The molecule has 0 amide bonds. The van der Waals surface area contributed by atoms with Gasteiger partial charge in [-0.3, -0.25) is 19.5 Å². The number of rotatable bonds is 7. The number of ketones is 1. The van der Waals surface area contributed by atoms with Crippen LogP contribution in [0.3, 0.4) is 0 Å². The number of Topliss-reactive ketones (excluding diaryl/α,β-unsaturated/α-hetero) is 1. The molecular formula is C21H25N3O3. The minimum atomic E-state index is -0.221. The normalized spacial score (nSPS) is 14.8. The molecule has 6 heteroatoms. The topological polar surface area (TPSA) is 62.7 Å². The highest BCUT2D eigenvalue weighted by Gasteiger charge is 2.19. The van der Waals surface area contributed by atoms with E-state index in [1.165, 1.54) is 12.8 Å². The van der Waals surface area contributed by atoms with Crippen molar-refractivity contribution in [3.05, 3.63) is 59.9 Å². The molecule has 2 aromatic rings. The van der Waals surface area contributed by atoms with Gasteiger partial charge >= 0.3 is 5.97 Å². The molecule has 27 heavy (non-hydrogen) atoms. The van der Waals surface area contributed by atoms with Gasteiger partial charge < -0.3 is 9.64 Å². The Kier molecular flexibility index (Phi) is 6.54. The Hall–Kier alpha value is -2.73. The first-order valence-corrected chi connectivity index (χ1v) is 9.22. The van der Waals surface area contributed by atoms with Crippen molar-refractivity contribution in [2.75, 3.05) is 44.7 Å². The molecule has 0 aliphatic carbocycles. The number of methoxy groups -OCH3 is 1. The second-order valence-electron chi connectivity index (χ2n) is 6.66. The zero-order valence-corrected chi connectivity index (χ0v) is 15.6. The quantitative estimate of drug-likeness (QED) is 0.552. The summed E-state index contributed by atoms with van der Waals surface area (Å²) in [5.41, 5.74) is 2.93. The molecule has 2 heterocycles. The Labute approximate surface area is 159 Å². The molecule has 142 valence electrons. The highest BCUT2D eigenvalue weighted by Crippen LogP contribution is 2.15. The van der Waals surface area contributed by atoms with E-state index in [0.29, 0.717) is 24.9 Å². The third-order valence-electron chi connectivity index (χ3n) is 4.89. The maximum atomic E-state index is 12.6. The molecule has 1 aromatic carbocycles. The Bertz CT molecular complexity index is 754. The monoisotopic (exact) mass is 367 g/mol.